The van der Waals surface area contributed by atoms with Crippen LogP contribution in [0, 0.1) is 17.8 Å². The minimum atomic E-state index is -2.21. The largest absolute Gasteiger partial charge is 0.481 e. The van der Waals surface area contributed by atoms with Crippen LogP contribution in [0.3, 0.4) is 0 Å². The zero-order valence-corrected chi connectivity index (χ0v) is 59.8. The maximum absolute atomic E-state index is 13.1. The van der Waals surface area contributed by atoms with Gasteiger partial charge in [-0.05, 0) is 69.8 Å². The summed E-state index contributed by atoms with van der Waals surface area (Å²) in [6, 6.07) is 52.4. The Kier molecular flexibility index (Phi) is 18.6. The van der Waals surface area contributed by atoms with Crippen LogP contribution >= 0.6 is 82.6 Å². The van der Waals surface area contributed by atoms with Gasteiger partial charge in [-0.2, -0.15) is 0 Å². The highest BCUT2D eigenvalue weighted by atomic mass is 79.9. The van der Waals surface area contributed by atoms with Crippen molar-refractivity contribution in [2.24, 2.45) is 17.8 Å². The quantitative estimate of drug-likeness (QED) is 0.0416. The number of aromatic nitrogens is 3. The Morgan fingerprint density at radius 2 is 0.660 bits per heavy atom. The fraction of sp³-hybridized carbons (Fsp3) is 0.260. The molecular weight excluding hydrogens is 1550 g/mol. The predicted molar refractivity (Wildman–Crippen MR) is 372 cm³/mol. The number of hydrogen-bond acceptors (Lipinski definition) is 19. The van der Waals surface area contributed by atoms with E-state index in [0.717, 1.165) is 13.4 Å². The van der Waals surface area contributed by atoms with Gasteiger partial charge in [0.05, 0.1) is 62.9 Å². The number of halogens is 6. The van der Waals surface area contributed by atoms with Crippen LogP contribution in [0.25, 0.3) is 0 Å². The van der Waals surface area contributed by atoms with Crippen LogP contribution in [0.5, 0.6) is 34.9 Å². The maximum Gasteiger partial charge on any atom is 0.312 e. The molecule has 27 heteroatoms. The lowest BCUT2D eigenvalue weighted by Crippen LogP contribution is -2.52. The molecule has 0 bridgehead atoms. The van der Waals surface area contributed by atoms with Crippen molar-refractivity contribution in [2.75, 3.05) is 28.4 Å². The van der Waals surface area contributed by atoms with Crippen LogP contribution < -0.4 is 28.4 Å². The Labute approximate surface area is 611 Å². The standard InChI is InChI=1S/C25H21BrClNO6.2C24H19BrClNO6/c1-32-22-20-16(12-17(27)28-22)34-25(14-8-10-15(26)11-9-14)19(13-6-4-3-5-7-13)18(23(30)33-2)21(29)24(20,25)31;2*1-32-21-19-15(11-16(26)27-21)33-24(13-7-9-14(25)10-8-13)18(12-5-3-2-4-6-12)17(22(29)30)20(28)23(19,24)31/h3-12,18-19,21,29,31H,1-2H3;2*2-11,17-18,20,28,31H,1H3,(H,29,30)/t18-,19-,21-,24+,25+;2*17-,18-,20-,23+,24+/m111/s1. The number of hydrogen-bond donors (Lipinski definition) is 8. The van der Waals surface area contributed by atoms with Crippen molar-refractivity contribution < 1.29 is 88.4 Å². The molecule has 9 aromatic rings. The summed E-state index contributed by atoms with van der Waals surface area (Å²) >= 11 is 28.8. The Balaban J connectivity index is 0.000000134. The molecule has 8 N–H and O–H groups in total. The Bertz CT molecular complexity index is 4470. The Hall–Kier alpha value is -7.95. The van der Waals surface area contributed by atoms with E-state index in [1.54, 1.807) is 133 Å². The first-order valence-electron chi connectivity index (χ1n) is 30.8. The molecule has 15 rings (SSSR count). The van der Waals surface area contributed by atoms with Crippen molar-refractivity contribution in [2.45, 2.75) is 69.7 Å². The van der Waals surface area contributed by atoms with Crippen LogP contribution in [-0.2, 0) is 52.7 Å². The van der Waals surface area contributed by atoms with Gasteiger partial charge in [-0.25, -0.2) is 15.0 Å². The van der Waals surface area contributed by atoms with Crippen LogP contribution in [0.4, 0.5) is 0 Å². The number of ether oxygens (including phenoxy) is 7. The zero-order valence-electron chi connectivity index (χ0n) is 52.8. The zero-order chi connectivity index (χ0) is 71.3. The molecule has 15 atom stereocenters. The van der Waals surface area contributed by atoms with Gasteiger partial charge in [0, 0.05) is 49.4 Å². The number of carboxylic acids is 2. The third-order valence-electron chi connectivity index (χ3n) is 20.0. The number of esters is 1. The normalized spacial score (nSPS) is 29.6. The summed E-state index contributed by atoms with van der Waals surface area (Å²) in [6.07, 6.45) is -5.11. The van der Waals surface area contributed by atoms with E-state index >= 15 is 0 Å². The molecule has 6 aliphatic rings. The molecule has 3 fully saturated rings. The highest BCUT2D eigenvalue weighted by molar-refractivity contribution is 9.11. The van der Waals surface area contributed by atoms with Gasteiger partial charge in [0.2, 0.25) is 17.6 Å². The third kappa shape index (κ3) is 10.2. The number of benzene rings is 6. The molecule has 3 aromatic heterocycles. The number of aliphatic hydroxyl groups is 6. The van der Waals surface area contributed by atoms with E-state index < -0.39 is 105 Å². The van der Waals surface area contributed by atoms with Crippen molar-refractivity contribution in [3.8, 4) is 34.9 Å². The average Bonchev–Trinajstić information content (AvgIpc) is 1.51. The van der Waals surface area contributed by atoms with Gasteiger partial charge in [0.15, 0.2) is 33.6 Å². The molecule has 100 heavy (non-hydrogen) atoms. The monoisotopic (exact) mass is 1610 g/mol. The number of fused-ring (bicyclic) bond motifs is 9. The summed E-state index contributed by atoms with van der Waals surface area (Å²) in [7, 11) is 5.34. The molecule has 0 saturated heterocycles. The molecule has 0 spiro atoms. The first kappa shape index (κ1) is 70.5. The highest BCUT2D eigenvalue weighted by Crippen LogP contribution is 2.73. The molecule has 0 amide bonds. The van der Waals surface area contributed by atoms with Crippen molar-refractivity contribution in [3.05, 3.63) is 261 Å². The van der Waals surface area contributed by atoms with Gasteiger partial charge < -0.3 is 74.0 Å². The summed E-state index contributed by atoms with van der Waals surface area (Å²) in [5.41, 5.74) is -7.95. The SMILES string of the molecule is COC(=O)[C@H]1[C@@H](O)[C@@]2(O)c3c(cc(Cl)nc3OC)O[C@@]2(c2ccc(Br)cc2)[C@@H]1c1ccccc1.COc1nc(Cl)cc2c1[C@]1(O)[C@H](O)[C@H](C(=O)O)[C@@H](c3ccccc3)[C@]1(c1ccc(Br)cc1)O2.COc1nc(Cl)cc2c1[C@]1(O)[C@H](O)[C@H](C(=O)O)[C@@H](c3ccccc3)[C@]1(c1ccc(Br)cc1)O2. The molecule has 3 aliphatic heterocycles. The van der Waals surface area contributed by atoms with Gasteiger partial charge in [0.1, 0.15) is 51.0 Å². The van der Waals surface area contributed by atoms with Crippen LogP contribution in [-0.4, -0.2) is 120 Å². The molecule has 516 valence electrons. The molecule has 3 saturated carbocycles. The highest BCUT2D eigenvalue weighted by Gasteiger charge is 2.81. The smallest absolute Gasteiger partial charge is 0.312 e. The molecule has 6 heterocycles. The number of carboxylic acid groups (broad SMARTS) is 2. The Morgan fingerprint density at radius 1 is 0.410 bits per heavy atom. The minimum Gasteiger partial charge on any atom is -0.481 e. The summed E-state index contributed by atoms with van der Waals surface area (Å²) in [5, 5.41) is 92.6. The fourth-order valence-corrected chi connectivity index (χ4v) is 17.6. The predicted octanol–water partition coefficient (Wildman–Crippen LogP) is 11.6. The summed E-state index contributed by atoms with van der Waals surface area (Å²) < 4.78 is 43.3. The van der Waals surface area contributed by atoms with Gasteiger partial charge in [-0.1, -0.05) is 210 Å². The van der Waals surface area contributed by atoms with E-state index in [1.807, 2.05) is 30.3 Å². The molecule has 0 radical (unpaired) electrons. The van der Waals surface area contributed by atoms with Gasteiger partial charge in [-0.15, -0.1) is 0 Å². The number of carbonyl (C=O) groups excluding carboxylic acids is 1. The molecule has 6 aromatic carbocycles. The Morgan fingerprint density at radius 3 is 0.900 bits per heavy atom. The number of aliphatic hydroxyl groups excluding tert-OH is 3. The number of pyridine rings is 3. The van der Waals surface area contributed by atoms with Crippen molar-refractivity contribution in [1.82, 2.24) is 15.0 Å². The van der Waals surface area contributed by atoms with Gasteiger partial charge in [-0.3, -0.25) is 14.4 Å². The minimum absolute atomic E-state index is 0.000337. The lowest BCUT2D eigenvalue weighted by Gasteiger charge is -2.40. The fourth-order valence-electron chi connectivity index (χ4n) is 16.3. The van der Waals surface area contributed by atoms with Crippen LogP contribution in [0.15, 0.2) is 195 Å². The first-order valence-corrected chi connectivity index (χ1v) is 34.3. The molecule has 21 nitrogen and oxygen atoms in total. The van der Waals surface area contributed by atoms with Crippen LogP contribution in [0.2, 0.25) is 15.5 Å². The first-order chi connectivity index (χ1) is 47.8. The average molecular weight is 1610 g/mol. The maximum atomic E-state index is 13.1. The van der Waals surface area contributed by atoms with E-state index in [-0.39, 0.29) is 67.0 Å². The lowest BCUT2D eigenvalue weighted by molar-refractivity contribution is -0.161. The number of methoxy groups -OCH3 is 4. The van der Waals surface area contributed by atoms with Crippen molar-refractivity contribution in [1.29, 1.82) is 0 Å². The molecule has 0 unspecified atom stereocenters. The van der Waals surface area contributed by atoms with Crippen molar-refractivity contribution in [3.63, 3.8) is 0 Å². The van der Waals surface area contributed by atoms with E-state index in [4.69, 9.17) is 68.0 Å². The van der Waals surface area contributed by atoms with Crippen molar-refractivity contribution >= 4 is 101 Å². The van der Waals surface area contributed by atoms with Gasteiger partial charge in [0.25, 0.3) is 0 Å². The second-order valence-corrected chi connectivity index (χ2v) is 28.5. The van der Waals surface area contributed by atoms with E-state index in [0.29, 0.717) is 33.4 Å². The number of aliphatic carboxylic acids is 2. The molecule has 3 aliphatic carbocycles. The van der Waals surface area contributed by atoms with E-state index in [9.17, 15) is 55.2 Å². The van der Waals surface area contributed by atoms with E-state index in [1.165, 1.54) is 46.6 Å². The summed E-state index contributed by atoms with van der Waals surface area (Å²) in [6.45, 7) is 0. The number of carbonyl (C=O) groups is 3. The van der Waals surface area contributed by atoms with E-state index in [2.05, 4.69) is 62.7 Å². The van der Waals surface area contributed by atoms with Crippen LogP contribution in [0.1, 0.15) is 67.8 Å². The second kappa shape index (κ2) is 26.5. The number of rotatable bonds is 12. The summed E-state index contributed by atoms with van der Waals surface area (Å²) in [5.74, 6) is -9.45. The second-order valence-electron chi connectivity index (χ2n) is 24.6. The lowest BCUT2D eigenvalue weighted by atomic mass is 9.71. The number of nitrogens with zero attached hydrogens (tertiary/aromatic N) is 3. The van der Waals surface area contributed by atoms with Gasteiger partial charge >= 0.3 is 17.9 Å². The third-order valence-corrected chi connectivity index (χ3v) is 22.2. The molecular formula is C73H59Br3Cl3N3O18. The summed E-state index contributed by atoms with van der Waals surface area (Å²) in [4.78, 5) is 50.6. The topological polar surface area (TPSA) is 316 Å².